The highest BCUT2D eigenvalue weighted by molar-refractivity contribution is 5.69. The number of fused-ring (bicyclic) bond motifs is 1. The molecule has 2 N–H and O–H groups in total. The molecule has 0 aromatic carbocycles. The highest BCUT2D eigenvalue weighted by Crippen LogP contribution is 2.05. The lowest BCUT2D eigenvalue weighted by Crippen LogP contribution is -2.29. The molecule has 7 heteroatoms. The van der Waals surface area contributed by atoms with Gasteiger partial charge in [0.1, 0.15) is 11.3 Å². The molecule has 0 saturated heterocycles. The number of nitrogens with one attached hydrogen (secondary N) is 2. The maximum absolute atomic E-state index is 11.6. The molecule has 0 spiro atoms. The molecule has 0 fully saturated rings. The summed E-state index contributed by atoms with van der Waals surface area (Å²) in [7, 11) is 0. The maximum atomic E-state index is 11.6. The second-order valence-corrected chi connectivity index (χ2v) is 3.83. The lowest BCUT2D eigenvalue weighted by molar-refractivity contribution is 0.149. The van der Waals surface area contributed by atoms with Gasteiger partial charge >= 0.3 is 5.69 Å². The Labute approximate surface area is 103 Å². The zero-order valence-electron chi connectivity index (χ0n) is 10.4. The van der Waals surface area contributed by atoms with E-state index >= 15 is 0 Å². The van der Waals surface area contributed by atoms with E-state index in [4.69, 9.17) is 4.74 Å². The van der Waals surface area contributed by atoms with Crippen LogP contribution in [0.1, 0.15) is 19.7 Å². The quantitative estimate of drug-likeness (QED) is 0.733. The summed E-state index contributed by atoms with van der Waals surface area (Å²) in [6, 6.07) is 0. The Balaban J connectivity index is 2.46. The van der Waals surface area contributed by atoms with Gasteiger partial charge < -0.3 is 9.72 Å². The van der Waals surface area contributed by atoms with Crippen LogP contribution in [0.3, 0.4) is 0 Å². The van der Waals surface area contributed by atoms with Gasteiger partial charge in [0.2, 0.25) is 0 Å². The first kappa shape index (κ1) is 12.6. The van der Waals surface area contributed by atoms with Crippen molar-refractivity contribution in [3.8, 4) is 0 Å². The summed E-state index contributed by atoms with van der Waals surface area (Å²) >= 11 is 0. The number of hydrogen-bond acceptors (Lipinski definition) is 4. The van der Waals surface area contributed by atoms with Crippen LogP contribution in [0.25, 0.3) is 11.2 Å². The standard InChI is InChI=1S/C11H16N4O3/c1-3-15-9-8(10(16)14-11(15)17)12-7(13-9)5-6-18-4-2/h3-6H2,1-2H3,(H,12,13)(H,14,16,17). The van der Waals surface area contributed by atoms with Crippen LogP contribution >= 0.6 is 0 Å². The van der Waals surface area contributed by atoms with Crippen LogP contribution in [0.2, 0.25) is 0 Å². The van der Waals surface area contributed by atoms with E-state index in [1.807, 2.05) is 13.8 Å². The van der Waals surface area contributed by atoms with E-state index < -0.39 is 11.2 Å². The normalized spacial score (nSPS) is 11.2. The molecule has 0 amide bonds. The minimum atomic E-state index is -0.435. The number of imidazole rings is 1. The molecule has 0 aliphatic rings. The second-order valence-electron chi connectivity index (χ2n) is 3.83. The van der Waals surface area contributed by atoms with Crippen LogP contribution in [0.4, 0.5) is 0 Å². The van der Waals surface area contributed by atoms with E-state index in [0.29, 0.717) is 43.2 Å². The monoisotopic (exact) mass is 252 g/mol. The number of aromatic amines is 2. The van der Waals surface area contributed by atoms with Gasteiger partial charge in [-0.25, -0.2) is 9.78 Å². The van der Waals surface area contributed by atoms with Gasteiger partial charge in [-0.15, -0.1) is 0 Å². The average molecular weight is 252 g/mol. The predicted molar refractivity (Wildman–Crippen MR) is 66.8 cm³/mol. The number of aryl methyl sites for hydroxylation is 1. The maximum Gasteiger partial charge on any atom is 0.330 e. The molecular formula is C11H16N4O3. The Hall–Kier alpha value is -1.89. The Kier molecular flexibility index (Phi) is 3.61. The van der Waals surface area contributed by atoms with E-state index in [0.717, 1.165) is 0 Å². The van der Waals surface area contributed by atoms with Gasteiger partial charge in [0.05, 0.1) is 6.61 Å². The van der Waals surface area contributed by atoms with Crippen molar-refractivity contribution in [2.75, 3.05) is 13.2 Å². The van der Waals surface area contributed by atoms with Crippen LogP contribution in [-0.2, 0) is 17.7 Å². The summed E-state index contributed by atoms with van der Waals surface area (Å²) in [5, 5.41) is 0. The third-order valence-corrected chi connectivity index (χ3v) is 2.69. The van der Waals surface area contributed by atoms with Gasteiger partial charge in [0, 0.05) is 19.6 Å². The SMILES string of the molecule is CCOCCc1nc2c([nH]1)c(=O)[nH]c(=O)n2CC. The van der Waals surface area contributed by atoms with Crippen molar-refractivity contribution in [1.82, 2.24) is 19.5 Å². The largest absolute Gasteiger partial charge is 0.381 e. The van der Waals surface area contributed by atoms with Gasteiger partial charge in [-0.1, -0.05) is 0 Å². The third kappa shape index (κ3) is 2.21. The molecule has 0 saturated carbocycles. The van der Waals surface area contributed by atoms with Crippen molar-refractivity contribution in [1.29, 1.82) is 0 Å². The van der Waals surface area contributed by atoms with E-state index in [-0.39, 0.29) is 0 Å². The summed E-state index contributed by atoms with van der Waals surface area (Å²) < 4.78 is 6.66. The number of ether oxygens (including phenoxy) is 1. The molecule has 98 valence electrons. The first-order chi connectivity index (χ1) is 8.67. The van der Waals surface area contributed by atoms with Gasteiger partial charge in [-0.2, -0.15) is 0 Å². The Bertz CT molecular complexity index is 652. The van der Waals surface area contributed by atoms with E-state index in [1.54, 1.807) is 0 Å². The fraction of sp³-hybridized carbons (Fsp3) is 0.545. The van der Waals surface area contributed by atoms with Gasteiger partial charge in [0.15, 0.2) is 5.65 Å². The Morgan fingerprint density at radius 2 is 2.06 bits per heavy atom. The summed E-state index contributed by atoms with van der Waals surface area (Å²) in [5.41, 5.74) is -0.131. The smallest absolute Gasteiger partial charge is 0.330 e. The van der Waals surface area contributed by atoms with E-state index in [2.05, 4.69) is 15.0 Å². The summed E-state index contributed by atoms with van der Waals surface area (Å²) in [5.74, 6) is 0.650. The molecule has 0 unspecified atom stereocenters. The minimum Gasteiger partial charge on any atom is -0.381 e. The summed E-state index contributed by atoms with van der Waals surface area (Å²) in [6.07, 6.45) is 0.583. The lowest BCUT2D eigenvalue weighted by atomic mass is 10.4. The summed E-state index contributed by atoms with van der Waals surface area (Å²) in [6.45, 7) is 5.37. The first-order valence-electron chi connectivity index (χ1n) is 5.96. The van der Waals surface area contributed by atoms with E-state index in [9.17, 15) is 9.59 Å². The van der Waals surface area contributed by atoms with Crippen molar-refractivity contribution in [2.24, 2.45) is 0 Å². The average Bonchev–Trinajstić information content (AvgIpc) is 2.74. The molecule has 7 nitrogen and oxygen atoms in total. The highest BCUT2D eigenvalue weighted by Gasteiger charge is 2.11. The molecule has 2 heterocycles. The van der Waals surface area contributed by atoms with Gasteiger partial charge in [-0.05, 0) is 13.8 Å². The minimum absolute atomic E-state index is 0.336. The zero-order chi connectivity index (χ0) is 13.1. The molecule has 0 radical (unpaired) electrons. The molecule has 2 aromatic heterocycles. The van der Waals surface area contributed by atoms with Crippen molar-refractivity contribution < 1.29 is 4.74 Å². The third-order valence-electron chi connectivity index (χ3n) is 2.69. The van der Waals surface area contributed by atoms with Crippen LogP contribution in [-0.4, -0.2) is 32.7 Å². The topological polar surface area (TPSA) is 92.8 Å². The van der Waals surface area contributed by atoms with Crippen molar-refractivity contribution in [3.05, 3.63) is 26.7 Å². The lowest BCUT2D eigenvalue weighted by Gasteiger charge is -1.99. The number of hydrogen-bond donors (Lipinski definition) is 2. The van der Waals surface area contributed by atoms with Crippen molar-refractivity contribution >= 4 is 11.2 Å². The molecule has 0 atom stereocenters. The highest BCUT2D eigenvalue weighted by atomic mass is 16.5. The van der Waals surface area contributed by atoms with Gasteiger partial charge in [0.25, 0.3) is 5.56 Å². The molecule has 2 aromatic rings. The van der Waals surface area contributed by atoms with Gasteiger partial charge in [-0.3, -0.25) is 14.3 Å². The molecule has 0 aliphatic heterocycles. The molecule has 0 bridgehead atoms. The van der Waals surface area contributed by atoms with Crippen molar-refractivity contribution in [3.63, 3.8) is 0 Å². The van der Waals surface area contributed by atoms with Crippen molar-refractivity contribution in [2.45, 2.75) is 26.8 Å². The molecule has 0 aliphatic carbocycles. The number of aromatic nitrogens is 4. The second kappa shape index (κ2) is 5.18. The number of nitrogens with zero attached hydrogens (tertiary/aromatic N) is 2. The van der Waals surface area contributed by atoms with E-state index in [1.165, 1.54) is 4.57 Å². The molecular weight excluding hydrogens is 236 g/mol. The number of H-pyrrole nitrogens is 2. The van der Waals surface area contributed by atoms with Crippen LogP contribution in [0, 0.1) is 0 Å². The zero-order valence-corrected chi connectivity index (χ0v) is 10.4. The fourth-order valence-electron chi connectivity index (χ4n) is 1.81. The Morgan fingerprint density at radius 3 is 2.72 bits per heavy atom. The van der Waals surface area contributed by atoms with Crippen LogP contribution in [0.15, 0.2) is 9.59 Å². The fourth-order valence-corrected chi connectivity index (χ4v) is 1.81. The molecule has 2 rings (SSSR count). The molecule has 18 heavy (non-hydrogen) atoms. The predicted octanol–water partition coefficient (Wildman–Crippen LogP) is 0.0118. The van der Waals surface area contributed by atoms with Crippen LogP contribution in [0.5, 0.6) is 0 Å². The van der Waals surface area contributed by atoms with Crippen LogP contribution < -0.4 is 11.2 Å². The number of rotatable bonds is 5. The Morgan fingerprint density at radius 1 is 1.28 bits per heavy atom. The summed E-state index contributed by atoms with van der Waals surface area (Å²) in [4.78, 5) is 32.7. The first-order valence-corrected chi connectivity index (χ1v) is 5.96.